The van der Waals surface area contributed by atoms with E-state index in [1.54, 1.807) is 6.20 Å². The monoisotopic (exact) mass is 456 g/mol. The van der Waals surface area contributed by atoms with Crippen LogP contribution in [0, 0.1) is 5.82 Å². The highest BCUT2D eigenvalue weighted by Gasteiger charge is 2.29. The second-order valence-corrected chi connectivity index (χ2v) is 9.70. The van der Waals surface area contributed by atoms with E-state index in [9.17, 15) is 4.39 Å². The van der Waals surface area contributed by atoms with E-state index < -0.39 is 0 Å². The van der Waals surface area contributed by atoms with Gasteiger partial charge in [-0.2, -0.15) is 5.10 Å². The molecule has 4 aromatic rings. The number of hydrogen-bond donors (Lipinski definition) is 3. The number of fused-ring (bicyclic) bond motifs is 4. The number of hydrogen-bond acceptors (Lipinski definition) is 5. The molecule has 174 valence electrons. The number of aromatic nitrogens is 3. The maximum absolute atomic E-state index is 14.4. The molecule has 0 spiro atoms. The van der Waals surface area contributed by atoms with Crippen molar-refractivity contribution in [3.63, 3.8) is 0 Å². The van der Waals surface area contributed by atoms with Crippen molar-refractivity contribution in [3.05, 3.63) is 70.9 Å². The normalized spacial score (nSPS) is 17.5. The van der Waals surface area contributed by atoms with Crippen molar-refractivity contribution >= 4 is 33.1 Å². The van der Waals surface area contributed by atoms with Gasteiger partial charge in [-0.3, -0.25) is 10.1 Å². The third-order valence-electron chi connectivity index (χ3n) is 7.50. The van der Waals surface area contributed by atoms with Gasteiger partial charge in [-0.05, 0) is 81.1 Å². The van der Waals surface area contributed by atoms with Gasteiger partial charge in [0, 0.05) is 39.8 Å². The Morgan fingerprint density at radius 1 is 1.12 bits per heavy atom. The summed E-state index contributed by atoms with van der Waals surface area (Å²) in [7, 11) is 0. The highest BCUT2D eigenvalue weighted by molar-refractivity contribution is 6.07. The van der Waals surface area contributed by atoms with Crippen LogP contribution in [0.1, 0.15) is 49.3 Å². The van der Waals surface area contributed by atoms with Crippen molar-refractivity contribution in [2.45, 2.75) is 38.6 Å². The topological polar surface area (TPSA) is 82.9 Å². The van der Waals surface area contributed by atoms with Crippen molar-refractivity contribution < 1.29 is 4.39 Å². The van der Waals surface area contributed by atoms with Gasteiger partial charge in [0.25, 0.3) is 0 Å². The van der Waals surface area contributed by atoms with Gasteiger partial charge in [-0.15, -0.1) is 0 Å². The lowest BCUT2D eigenvalue weighted by atomic mass is 9.82. The van der Waals surface area contributed by atoms with Crippen LogP contribution in [0.3, 0.4) is 0 Å². The quantitative estimate of drug-likeness (QED) is 0.405. The van der Waals surface area contributed by atoms with E-state index >= 15 is 0 Å². The fourth-order valence-corrected chi connectivity index (χ4v) is 5.69. The predicted molar refractivity (Wildman–Crippen MR) is 135 cm³/mol. The zero-order valence-corrected chi connectivity index (χ0v) is 19.5. The van der Waals surface area contributed by atoms with Gasteiger partial charge in [0.05, 0.1) is 23.9 Å². The average molecular weight is 457 g/mol. The minimum absolute atomic E-state index is 0.315. The van der Waals surface area contributed by atoms with Crippen LogP contribution in [-0.4, -0.2) is 45.8 Å². The maximum atomic E-state index is 14.4. The highest BCUT2D eigenvalue weighted by atomic mass is 19.1. The van der Waals surface area contributed by atoms with Crippen LogP contribution >= 0.6 is 0 Å². The van der Waals surface area contributed by atoms with Gasteiger partial charge in [0.1, 0.15) is 11.3 Å². The molecule has 1 fully saturated rings. The number of benzene rings is 2. The Kier molecular flexibility index (Phi) is 5.03. The van der Waals surface area contributed by atoms with Crippen molar-refractivity contribution in [2.75, 3.05) is 25.0 Å². The lowest BCUT2D eigenvalue weighted by Gasteiger charge is -2.35. The van der Waals surface area contributed by atoms with Gasteiger partial charge in [-0.25, -0.2) is 4.39 Å². The summed E-state index contributed by atoms with van der Waals surface area (Å²) in [6, 6.07) is 10.3. The van der Waals surface area contributed by atoms with Crippen LogP contribution < -0.4 is 11.1 Å². The molecule has 34 heavy (non-hydrogen) atoms. The number of nitrogens with one attached hydrogen (secondary N) is 2. The summed E-state index contributed by atoms with van der Waals surface area (Å²) in [5.41, 5.74) is 14.0. The fraction of sp³-hybridized carbons (Fsp3) is 0.333. The highest BCUT2D eigenvalue weighted by Crippen LogP contribution is 2.44. The number of likely N-dealkylation sites (tertiary alicyclic amines) is 1. The first kappa shape index (κ1) is 21.1. The van der Waals surface area contributed by atoms with Crippen LogP contribution in [-0.2, 0) is 0 Å². The molecule has 0 bridgehead atoms. The molecule has 7 heteroatoms. The van der Waals surface area contributed by atoms with E-state index in [1.165, 1.54) is 11.6 Å². The van der Waals surface area contributed by atoms with Crippen molar-refractivity contribution in [2.24, 2.45) is 5.73 Å². The first-order chi connectivity index (χ1) is 16.5. The van der Waals surface area contributed by atoms with Crippen LogP contribution in [0.25, 0.3) is 27.4 Å². The molecule has 6 rings (SSSR count). The number of piperidine rings is 1. The van der Waals surface area contributed by atoms with E-state index in [1.807, 2.05) is 18.3 Å². The summed E-state index contributed by atoms with van der Waals surface area (Å²) in [4.78, 5) is 7.37. The van der Waals surface area contributed by atoms with E-state index in [-0.39, 0.29) is 5.82 Å². The van der Waals surface area contributed by atoms with Crippen molar-refractivity contribution in [1.82, 2.24) is 20.1 Å². The fourth-order valence-electron chi connectivity index (χ4n) is 5.69. The van der Waals surface area contributed by atoms with Gasteiger partial charge in [0.2, 0.25) is 0 Å². The standard InChI is InChI=1S/C27H29FN6/c1-15(2)34-10-7-16(8-11-34)19-12-20-24(17-5-6-22(28)27-21(17)13-32-33-27)23(29)14-31-26(20)18-4-3-9-30-25(18)19/h3-6,9,12-13,15-16,31H,7-8,10-11,14,29H2,1-2H3,(H,32,33). The second kappa shape index (κ2) is 8.09. The van der Waals surface area contributed by atoms with E-state index in [0.29, 0.717) is 24.0 Å². The number of halogens is 1. The molecule has 4 N–H and O–H groups in total. The predicted octanol–water partition coefficient (Wildman–Crippen LogP) is 4.98. The van der Waals surface area contributed by atoms with E-state index in [2.05, 4.69) is 46.4 Å². The van der Waals surface area contributed by atoms with E-state index in [4.69, 9.17) is 10.7 Å². The Hall–Kier alpha value is -3.45. The first-order valence-electron chi connectivity index (χ1n) is 12.0. The smallest absolute Gasteiger partial charge is 0.148 e. The number of anilines is 1. The van der Waals surface area contributed by atoms with Crippen molar-refractivity contribution in [3.8, 4) is 0 Å². The summed E-state index contributed by atoms with van der Waals surface area (Å²) in [5, 5.41) is 12.3. The second-order valence-electron chi connectivity index (χ2n) is 9.70. The van der Waals surface area contributed by atoms with Crippen LogP contribution in [0.5, 0.6) is 0 Å². The summed E-state index contributed by atoms with van der Waals surface area (Å²) in [6.45, 7) is 7.23. The zero-order chi connectivity index (χ0) is 23.4. The van der Waals surface area contributed by atoms with Crippen molar-refractivity contribution in [1.29, 1.82) is 0 Å². The molecular weight excluding hydrogens is 427 g/mol. The van der Waals surface area contributed by atoms with Gasteiger partial charge in [0.15, 0.2) is 0 Å². The molecule has 4 heterocycles. The molecule has 0 saturated carbocycles. The van der Waals surface area contributed by atoms with Crippen LogP contribution in [0.2, 0.25) is 0 Å². The van der Waals surface area contributed by atoms with E-state index in [0.717, 1.165) is 70.3 Å². The molecule has 2 aromatic heterocycles. The molecule has 0 aliphatic carbocycles. The number of aromatic amines is 1. The maximum Gasteiger partial charge on any atom is 0.148 e. The Morgan fingerprint density at radius 3 is 2.74 bits per heavy atom. The van der Waals surface area contributed by atoms with Crippen LogP contribution in [0.4, 0.5) is 10.1 Å². The number of rotatable bonds is 3. The molecule has 2 aliphatic rings. The number of pyridine rings is 1. The Labute approximate surface area is 198 Å². The minimum atomic E-state index is -0.315. The Balaban J connectivity index is 1.54. The average Bonchev–Trinajstić information content (AvgIpc) is 3.35. The lowest BCUT2D eigenvalue weighted by Crippen LogP contribution is -2.37. The summed E-state index contributed by atoms with van der Waals surface area (Å²) >= 11 is 0. The Bertz CT molecular complexity index is 1430. The third-order valence-corrected chi connectivity index (χ3v) is 7.50. The molecule has 1 saturated heterocycles. The summed E-state index contributed by atoms with van der Waals surface area (Å²) in [6.07, 6.45) is 5.77. The van der Waals surface area contributed by atoms with Crippen LogP contribution in [0.15, 0.2) is 48.4 Å². The lowest BCUT2D eigenvalue weighted by molar-refractivity contribution is 0.172. The molecule has 2 aliphatic heterocycles. The third kappa shape index (κ3) is 3.26. The number of nitrogens with two attached hydrogens (primary N) is 1. The molecule has 0 amide bonds. The molecule has 0 unspecified atom stereocenters. The molecule has 6 nitrogen and oxygen atoms in total. The molecule has 0 atom stereocenters. The largest absolute Gasteiger partial charge is 0.400 e. The SMILES string of the molecule is CC(C)N1CCC(c2cc3c(c4cccnc24)NCC(N)=C3c2ccc(F)c3[nH]ncc23)CC1. The molecular formula is C27H29FN6. The molecule has 2 aromatic carbocycles. The van der Waals surface area contributed by atoms with Gasteiger partial charge in [-0.1, -0.05) is 6.07 Å². The van der Waals surface area contributed by atoms with Gasteiger partial charge < -0.3 is 16.0 Å². The zero-order valence-electron chi connectivity index (χ0n) is 19.5. The van der Waals surface area contributed by atoms with Gasteiger partial charge >= 0.3 is 0 Å². The first-order valence-corrected chi connectivity index (χ1v) is 12.0. The minimum Gasteiger partial charge on any atom is -0.400 e. The Morgan fingerprint density at radius 2 is 1.94 bits per heavy atom. The summed E-state index contributed by atoms with van der Waals surface area (Å²) < 4.78 is 14.4. The summed E-state index contributed by atoms with van der Waals surface area (Å²) in [5.74, 6) is 0.120. The number of H-pyrrole nitrogens is 1. The number of nitrogens with zero attached hydrogens (tertiary/aromatic N) is 3. The molecule has 0 radical (unpaired) electrons.